The van der Waals surface area contributed by atoms with Gasteiger partial charge in [-0.1, -0.05) is 5.16 Å². The molecule has 2 fully saturated rings. The Morgan fingerprint density at radius 2 is 2.39 bits per heavy atom. The van der Waals surface area contributed by atoms with E-state index in [1.54, 1.807) is 6.07 Å². The molecule has 1 N–H and O–H groups in total. The normalized spacial score (nSPS) is 23.3. The van der Waals surface area contributed by atoms with Gasteiger partial charge in [0.25, 0.3) is 5.91 Å². The van der Waals surface area contributed by atoms with E-state index in [4.69, 9.17) is 4.52 Å². The lowest BCUT2D eigenvalue weighted by Gasteiger charge is -2.24. The van der Waals surface area contributed by atoms with Gasteiger partial charge in [0, 0.05) is 24.7 Å². The number of rotatable bonds is 4. The van der Waals surface area contributed by atoms with E-state index < -0.39 is 0 Å². The third-order valence-corrected chi connectivity index (χ3v) is 3.68. The van der Waals surface area contributed by atoms with Gasteiger partial charge in [0.2, 0.25) is 0 Å². The number of nitrogens with zero attached hydrogens (tertiary/aromatic N) is 2. The molecule has 98 valence electrons. The molecule has 0 unspecified atom stereocenters. The molecule has 1 aromatic heterocycles. The quantitative estimate of drug-likeness (QED) is 0.875. The second kappa shape index (κ2) is 4.72. The minimum absolute atomic E-state index is 0.0167. The lowest BCUT2D eigenvalue weighted by atomic mass is 10.2. The van der Waals surface area contributed by atoms with Crippen molar-refractivity contribution in [3.05, 3.63) is 17.5 Å². The highest BCUT2D eigenvalue weighted by Gasteiger charge is 2.35. The highest BCUT2D eigenvalue weighted by molar-refractivity contribution is 5.92. The third-order valence-electron chi connectivity index (χ3n) is 3.68. The number of aryl methyl sites for hydroxylation is 1. The molecule has 1 aliphatic carbocycles. The monoisotopic (exact) mass is 249 g/mol. The Morgan fingerprint density at radius 3 is 2.94 bits per heavy atom. The standard InChI is InChI=1S/C13H19N3O2/c1-9-7-12(15-18-9)13(17)16(11-4-5-11)8-10-3-2-6-14-10/h7,10-11,14H,2-6,8H2,1H3/t10-/m1/s1. The first-order valence-corrected chi connectivity index (χ1v) is 6.72. The van der Waals surface area contributed by atoms with Gasteiger partial charge in [-0.2, -0.15) is 0 Å². The van der Waals surface area contributed by atoms with Crippen LogP contribution in [0.25, 0.3) is 0 Å². The molecule has 0 spiro atoms. The van der Waals surface area contributed by atoms with Crippen LogP contribution < -0.4 is 5.32 Å². The summed E-state index contributed by atoms with van der Waals surface area (Å²) in [5.41, 5.74) is 0.442. The van der Waals surface area contributed by atoms with E-state index in [0.29, 0.717) is 23.5 Å². The van der Waals surface area contributed by atoms with Crippen molar-refractivity contribution in [2.24, 2.45) is 0 Å². The molecule has 5 nitrogen and oxygen atoms in total. The molecule has 1 amide bonds. The highest BCUT2D eigenvalue weighted by atomic mass is 16.5. The zero-order valence-electron chi connectivity index (χ0n) is 10.7. The summed E-state index contributed by atoms with van der Waals surface area (Å²) in [6.07, 6.45) is 4.61. The predicted molar refractivity (Wildman–Crippen MR) is 66.3 cm³/mol. The summed E-state index contributed by atoms with van der Waals surface area (Å²) >= 11 is 0. The van der Waals surface area contributed by atoms with Crippen LogP contribution in [0.4, 0.5) is 0 Å². The molecule has 5 heteroatoms. The summed E-state index contributed by atoms with van der Waals surface area (Å²) in [5.74, 6) is 0.705. The van der Waals surface area contributed by atoms with Gasteiger partial charge in [-0.3, -0.25) is 4.79 Å². The smallest absolute Gasteiger partial charge is 0.276 e. The van der Waals surface area contributed by atoms with Crippen molar-refractivity contribution in [3.8, 4) is 0 Å². The molecule has 1 aliphatic heterocycles. The van der Waals surface area contributed by atoms with Crippen molar-refractivity contribution < 1.29 is 9.32 Å². The van der Waals surface area contributed by atoms with E-state index in [1.807, 2.05) is 11.8 Å². The van der Waals surface area contributed by atoms with E-state index >= 15 is 0 Å². The molecule has 1 saturated carbocycles. The summed E-state index contributed by atoms with van der Waals surface area (Å²) in [5, 5.41) is 7.28. The van der Waals surface area contributed by atoms with Crippen molar-refractivity contribution in [3.63, 3.8) is 0 Å². The highest BCUT2D eigenvalue weighted by Crippen LogP contribution is 2.29. The van der Waals surface area contributed by atoms with Crippen molar-refractivity contribution in [2.45, 2.75) is 44.7 Å². The van der Waals surface area contributed by atoms with Crippen molar-refractivity contribution in [1.29, 1.82) is 0 Å². The van der Waals surface area contributed by atoms with Crippen LogP contribution in [0.1, 0.15) is 41.9 Å². The topological polar surface area (TPSA) is 58.4 Å². The lowest BCUT2D eigenvalue weighted by molar-refractivity contribution is 0.0718. The first kappa shape index (κ1) is 11.7. The van der Waals surface area contributed by atoms with E-state index in [1.165, 1.54) is 6.42 Å². The first-order valence-electron chi connectivity index (χ1n) is 6.72. The Morgan fingerprint density at radius 1 is 1.56 bits per heavy atom. The van der Waals surface area contributed by atoms with Gasteiger partial charge in [-0.25, -0.2) is 0 Å². The number of aromatic nitrogens is 1. The number of amides is 1. The fourth-order valence-electron chi connectivity index (χ4n) is 2.55. The second-order valence-electron chi connectivity index (χ2n) is 5.30. The Hall–Kier alpha value is -1.36. The molecule has 1 atom stereocenters. The summed E-state index contributed by atoms with van der Waals surface area (Å²) in [6.45, 7) is 3.68. The predicted octanol–water partition coefficient (Wildman–Crippen LogP) is 1.34. The molecular weight excluding hydrogens is 230 g/mol. The largest absolute Gasteiger partial charge is 0.361 e. The first-order chi connectivity index (χ1) is 8.74. The molecule has 2 aliphatic rings. The summed E-state index contributed by atoms with van der Waals surface area (Å²) in [4.78, 5) is 14.4. The van der Waals surface area contributed by atoms with E-state index in [2.05, 4.69) is 10.5 Å². The zero-order valence-corrected chi connectivity index (χ0v) is 10.7. The number of carbonyl (C=O) groups excluding carboxylic acids is 1. The second-order valence-corrected chi connectivity index (χ2v) is 5.30. The maximum atomic E-state index is 12.4. The number of carbonyl (C=O) groups is 1. The average Bonchev–Trinajstić information content (AvgIpc) is 2.88. The number of hydrogen-bond donors (Lipinski definition) is 1. The van der Waals surface area contributed by atoms with Crippen LogP contribution in [-0.4, -0.2) is 41.1 Å². The number of hydrogen-bond acceptors (Lipinski definition) is 4. The number of nitrogens with one attached hydrogen (secondary N) is 1. The fraction of sp³-hybridized carbons (Fsp3) is 0.692. The lowest BCUT2D eigenvalue weighted by Crippen LogP contribution is -2.42. The summed E-state index contributed by atoms with van der Waals surface area (Å²) in [6, 6.07) is 2.58. The summed E-state index contributed by atoms with van der Waals surface area (Å²) < 4.78 is 4.99. The maximum absolute atomic E-state index is 12.4. The maximum Gasteiger partial charge on any atom is 0.276 e. The molecule has 18 heavy (non-hydrogen) atoms. The molecule has 0 aromatic carbocycles. The van der Waals surface area contributed by atoms with E-state index in [0.717, 1.165) is 32.4 Å². The SMILES string of the molecule is Cc1cc(C(=O)N(C[C@H]2CCCN2)C2CC2)no1. The fourth-order valence-corrected chi connectivity index (χ4v) is 2.55. The van der Waals surface area contributed by atoms with Crippen molar-refractivity contribution >= 4 is 5.91 Å². The summed E-state index contributed by atoms with van der Waals surface area (Å²) in [7, 11) is 0. The molecule has 0 radical (unpaired) electrons. The van der Waals surface area contributed by atoms with Gasteiger partial charge in [0.1, 0.15) is 5.76 Å². The average molecular weight is 249 g/mol. The Labute approximate surface area is 107 Å². The minimum Gasteiger partial charge on any atom is -0.361 e. The van der Waals surface area contributed by atoms with Crippen LogP contribution in [0.15, 0.2) is 10.6 Å². The van der Waals surface area contributed by atoms with Gasteiger partial charge in [0.05, 0.1) is 0 Å². The van der Waals surface area contributed by atoms with Crippen molar-refractivity contribution in [1.82, 2.24) is 15.4 Å². The third kappa shape index (κ3) is 2.41. The van der Waals surface area contributed by atoms with Gasteiger partial charge in [0.15, 0.2) is 5.69 Å². The molecule has 1 aromatic rings. The van der Waals surface area contributed by atoms with Gasteiger partial charge in [-0.05, 0) is 39.2 Å². The minimum atomic E-state index is 0.0167. The van der Waals surface area contributed by atoms with Crippen LogP contribution >= 0.6 is 0 Å². The van der Waals surface area contributed by atoms with Gasteiger partial charge >= 0.3 is 0 Å². The molecule has 1 saturated heterocycles. The molecule has 3 rings (SSSR count). The Bertz CT molecular complexity index is 433. The van der Waals surface area contributed by atoms with Crippen LogP contribution in [0.2, 0.25) is 0 Å². The van der Waals surface area contributed by atoms with E-state index in [-0.39, 0.29) is 5.91 Å². The molecule has 0 bridgehead atoms. The Balaban J connectivity index is 1.70. The van der Waals surface area contributed by atoms with Crippen LogP contribution in [0, 0.1) is 6.92 Å². The van der Waals surface area contributed by atoms with Gasteiger partial charge in [-0.15, -0.1) is 0 Å². The van der Waals surface area contributed by atoms with Crippen molar-refractivity contribution in [2.75, 3.05) is 13.1 Å². The van der Waals surface area contributed by atoms with Gasteiger partial charge < -0.3 is 14.7 Å². The van der Waals surface area contributed by atoms with Crippen LogP contribution in [0.5, 0.6) is 0 Å². The molecular formula is C13H19N3O2. The zero-order chi connectivity index (χ0) is 12.5. The van der Waals surface area contributed by atoms with Crippen LogP contribution in [-0.2, 0) is 0 Å². The Kier molecular flexibility index (Phi) is 3.07. The van der Waals surface area contributed by atoms with Crippen LogP contribution in [0.3, 0.4) is 0 Å². The van der Waals surface area contributed by atoms with E-state index in [9.17, 15) is 4.79 Å². The molecule has 2 heterocycles.